The maximum atomic E-state index is 12.5. The number of hydrogen-bond acceptors (Lipinski definition) is 2. The molecule has 1 N–H and O–H groups in total. The van der Waals surface area contributed by atoms with E-state index in [0.29, 0.717) is 0 Å². The Bertz CT molecular complexity index is 435. The molecule has 17 heavy (non-hydrogen) atoms. The van der Waals surface area contributed by atoms with Gasteiger partial charge in [-0.15, -0.1) is 0 Å². The van der Waals surface area contributed by atoms with Gasteiger partial charge in [-0.25, -0.2) is 4.98 Å². The normalized spacial score (nSPS) is 16.5. The minimum atomic E-state index is -4.41. The molecular formula is C11H10ClF3N2. The van der Waals surface area contributed by atoms with Crippen LogP contribution in [0.5, 0.6) is 0 Å². The fourth-order valence-electron chi connectivity index (χ4n) is 1.68. The summed E-state index contributed by atoms with van der Waals surface area (Å²) >= 11 is 5.57. The summed E-state index contributed by atoms with van der Waals surface area (Å²) in [6, 6.07) is 1.89. The highest BCUT2D eigenvalue weighted by Gasteiger charge is 2.31. The van der Waals surface area contributed by atoms with Gasteiger partial charge in [0.25, 0.3) is 0 Å². The molecule has 6 heteroatoms. The first-order valence-corrected chi connectivity index (χ1v) is 5.49. The van der Waals surface area contributed by atoms with E-state index in [-0.39, 0.29) is 17.0 Å². The van der Waals surface area contributed by atoms with E-state index in [4.69, 9.17) is 11.6 Å². The second kappa shape index (κ2) is 4.56. The molecule has 1 aromatic rings. The SMILES string of the molecule is FC(F)(F)c1cc(Cl)nc(NC2CC=CC2)c1. The molecule has 2 nitrogen and oxygen atoms in total. The van der Waals surface area contributed by atoms with E-state index >= 15 is 0 Å². The van der Waals surface area contributed by atoms with Crippen LogP contribution in [-0.4, -0.2) is 11.0 Å². The van der Waals surface area contributed by atoms with E-state index in [1.807, 2.05) is 12.2 Å². The number of alkyl halides is 3. The number of rotatable bonds is 2. The van der Waals surface area contributed by atoms with E-state index in [1.165, 1.54) is 0 Å². The van der Waals surface area contributed by atoms with Gasteiger partial charge in [-0.05, 0) is 25.0 Å². The van der Waals surface area contributed by atoms with Gasteiger partial charge in [-0.3, -0.25) is 0 Å². The number of halogens is 4. The third-order valence-corrected chi connectivity index (χ3v) is 2.67. The summed E-state index contributed by atoms with van der Waals surface area (Å²) < 4.78 is 37.6. The molecule has 0 fully saturated rings. The highest BCUT2D eigenvalue weighted by molar-refractivity contribution is 6.29. The number of nitrogens with zero attached hydrogens (tertiary/aromatic N) is 1. The van der Waals surface area contributed by atoms with E-state index in [0.717, 1.165) is 25.0 Å². The summed E-state index contributed by atoms with van der Waals surface area (Å²) in [4.78, 5) is 3.84. The molecule has 0 atom stereocenters. The Morgan fingerprint density at radius 2 is 1.88 bits per heavy atom. The largest absolute Gasteiger partial charge is 0.416 e. The standard InChI is InChI=1S/C11H10ClF3N2/c12-9-5-7(11(13,14)15)6-10(17-9)16-8-3-1-2-4-8/h1-2,5-6,8H,3-4H2,(H,16,17). The van der Waals surface area contributed by atoms with Crippen LogP contribution >= 0.6 is 11.6 Å². The van der Waals surface area contributed by atoms with Gasteiger partial charge in [0.15, 0.2) is 0 Å². The minimum Gasteiger partial charge on any atom is -0.367 e. The van der Waals surface area contributed by atoms with Crippen LogP contribution in [-0.2, 0) is 6.18 Å². The Labute approximate surface area is 101 Å². The average molecular weight is 263 g/mol. The molecule has 0 radical (unpaired) electrons. The fraction of sp³-hybridized carbons (Fsp3) is 0.364. The Morgan fingerprint density at radius 3 is 2.47 bits per heavy atom. The van der Waals surface area contributed by atoms with Gasteiger partial charge in [0.2, 0.25) is 0 Å². The van der Waals surface area contributed by atoms with Crippen LogP contribution in [0.2, 0.25) is 5.15 Å². The Hall–Kier alpha value is -1.23. The monoisotopic (exact) mass is 262 g/mol. The minimum absolute atomic E-state index is 0.0991. The van der Waals surface area contributed by atoms with Gasteiger partial charge in [0, 0.05) is 6.04 Å². The fourth-order valence-corrected chi connectivity index (χ4v) is 1.89. The van der Waals surface area contributed by atoms with Crippen LogP contribution in [0.4, 0.5) is 19.0 Å². The molecule has 0 bridgehead atoms. The molecule has 1 aliphatic rings. The third kappa shape index (κ3) is 3.12. The van der Waals surface area contributed by atoms with Crippen LogP contribution in [0.3, 0.4) is 0 Å². The van der Waals surface area contributed by atoms with Crippen molar-refractivity contribution in [2.45, 2.75) is 25.1 Å². The van der Waals surface area contributed by atoms with Crippen molar-refractivity contribution in [3.05, 3.63) is 35.0 Å². The predicted octanol–water partition coefficient (Wildman–Crippen LogP) is 3.88. The smallest absolute Gasteiger partial charge is 0.367 e. The number of aromatic nitrogens is 1. The number of nitrogens with one attached hydrogen (secondary N) is 1. The molecule has 0 spiro atoms. The van der Waals surface area contributed by atoms with Gasteiger partial charge in [-0.2, -0.15) is 13.2 Å². The number of hydrogen-bond donors (Lipinski definition) is 1. The lowest BCUT2D eigenvalue weighted by Crippen LogP contribution is -2.17. The first-order valence-electron chi connectivity index (χ1n) is 5.11. The quantitative estimate of drug-likeness (QED) is 0.646. The Morgan fingerprint density at radius 1 is 1.24 bits per heavy atom. The summed E-state index contributed by atoms with van der Waals surface area (Å²) in [5.41, 5.74) is -0.786. The molecule has 0 aromatic carbocycles. The zero-order valence-electron chi connectivity index (χ0n) is 8.76. The summed E-state index contributed by atoms with van der Waals surface area (Å²) in [5.74, 6) is 0.165. The maximum absolute atomic E-state index is 12.5. The van der Waals surface area contributed by atoms with E-state index in [1.54, 1.807) is 0 Å². The highest BCUT2D eigenvalue weighted by Crippen LogP contribution is 2.32. The lowest BCUT2D eigenvalue weighted by Gasteiger charge is -2.14. The molecule has 2 rings (SSSR count). The summed E-state index contributed by atoms with van der Waals surface area (Å²) in [6.45, 7) is 0. The van der Waals surface area contributed by atoms with Crippen molar-refractivity contribution in [1.82, 2.24) is 4.98 Å². The first-order chi connectivity index (χ1) is 7.95. The zero-order valence-corrected chi connectivity index (χ0v) is 9.52. The molecule has 0 aliphatic heterocycles. The predicted molar refractivity (Wildman–Crippen MR) is 60.0 cm³/mol. The molecule has 92 valence electrons. The van der Waals surface area contributed by atoms with Crippen molar-refractivity contribution >= 4 is 17.4 Å². The third-order valence-electron chi connectivity index (χ3n) is 2.48. The highest BCUT2D eigenvalue weighted by atomic mass is 35.5. The second-order valence-electron chi connectivity index (χ2n) is 3.85. The van der Waals surface area contributed by atoms with Crippen LogP contribution in [0.1, 0.15) is 18.4 Å². The van der Waals surface area contributed by atoms with Crippen molar-refractivity contribution in [3.8, 4) is 0 Å². The van der Waals surface area contributed by atoms with Crippen LogP contribution < -0.4 is 5.32 Å². The lowest BCUT2D eigenvalue weighted by atomic mass is 10.2. The molecule has 1 aromatic heterocycles. The topological polar surface area (TPSA) is 24.9 Å². The van der Waals surface area contributed by atoms with E-state index in [2.05, 4.69) is 10.3 Å². The van der Waals surface area contributed by atoms with Gasteiger partial charge in [-0.1, -0.05) is 23.8 Å². The van der Waals surface area contributed by atoms with Gasteiger partial charge in [0.1, 0.15) is 11.0 Å². The molecule has 0 saturated heterocycles. The van der Waals surface area contributed by atoms with E-state index in [9.17, 15) is 13.2 Å². The van der Waals surface area contributed by atoms with Crippen molar-refractivity contribution in [2.24, 2.45) is 0 Å². The lowest BCUT2D eigenvalue weighted by molar-refractivity contribution is -0.137. The Kier molecular flexibility index (Phi) is 3.28. The van der Waals surface area contributed by atoms with Crippen LogP contribution in [0, 0.1) is 0 Å². The van der Waals surface area contributed by atoms with Gasteiger partial charge in [0.05, 0.1) is 5.56 Å². The molecule has 1 heterocycles. The number of anilines is 1. The zero-order chi connectivity index (χ0) is 12.5. The average Bonchev–Trinajstić information content (AvgIpc) is 2.68. The maximum Gasteiger partial charge on any atom is 0.416 e. The molecule has 1 aliphatic carbocycles. The summed E-state index contributed by atoms with van der Waals surface area (Å²) in [7, 11) is 0. The molecular weight excluding hydrogens is 253 g/mol. The number of pyridine rings is 1. The van der Waals surface area contributed by atoms with Crippen molar-refractivity contribution < 1.29 is 13.2 Å². The van der Waals surface area contributed by atoms with Crippen molar-refractivity contribution in [1.29, 1.82) is 0 Å². The van der Waals surface area contributed by atoms with Crippen LogP contribution in [0.15, 0.2) is 24.3 Å². The summed E-state index contributed by atoms with van der Waals surface area (Å²) in [5, 5.41) is 2.78. The van der Waals surface area contributed by atoms with Crippen molar-refractivity contribution in [3.63, 3.8) is 0 Å². The van der Waals surface area contributed by atoms with Crippen LogP contribution in [0.25, 0.3) is 0 Å². The van der Waals surface area contributed by atoms with E-state index < -0.39 is 11.7 Å². The van der Waals surface area contributed by atoms with Gasteiger partial charge >= 0.3 is 6.18 Å². The van der Waals surface area contributed by atoms with Gasteiger partial charge < -0.3 is 5.32 Å². The second-order valence-corrected chi connectivity index (χ2v) is 4.23. The molecule has 0 unspecified atom stereocenters. The Balaban J connectivity index is 2.19. The summed E-state index contributed by atoms with van der Waals surface area (Å²) in [6.07, 6.45) is 1.13. The first kappa shape index (κ1) is 12.2. The molecule has 0 amide bonds. The molecule has 0 saturated carbocycles. The van der Waals surface area contributed by atoms with Crippen molar-refractivity contribution in [2.75, 3.05) is 5.32 Å².